The summed E-state index contributed by atoms with van der Waals surface area (Å²) in [6, 6.07) is 5.68. The summed E-state index contributed by atoms with van der Waals surface area (Å²) in [7, 11) is 2.15. The predicted octanol–water partition coefficient (Wildman–Crippen LogP) is 1.70. The third kappa shape index (κ3) is 4.53. The minimum absolute atomic E-state index is 0.00743. The Morgan fingerprint density at radius 1 is 1.38 bits per heavy atom. The van der Waals surface area contributed by atoms with Crippen LogP contribution in [0.5, 0.6) is 0 Å². The van der Waals surface area contributed by atoms with Gasteiger partial charge in [-0.2, -0.15) is 0 Å². The molecule has 2 rings (SSSR count). The number of hydrogen-bond donors (Lipinski definition) is 1. The maximum absolute atomic E-state index is 13.7. The molecule has 21 heavy (non-hydrogen) atoms. The quantitative estimate of drug-likeness (QED) is 0.858. The molecule has 1 atom stereocenters. The van der Waals surface area contributed by atoms with Crippen LogP contribution in [0.3, 0.4) is 0 Å². The Morgan fingerprint density at radius 2 is 2.19 bits per heavy atom. The summed E-state index contributed by atoms with van der Waals surface area (Å²) < 4.78 is 13.7. The Hall–Kier alpha value is -1.41. The molecule has 1 unspecified atom stereocenters. The lowest BCUT2D eigenvalue weighted by Gasteiger charge is -2.37. The Balaban J connectivity index is 2.04. The van der Waals surface area contributed by atoms with Gasteiger partial charge in [0.05, 0.1) is 12.2 Å². The number of aliphatic hydroxyl groups is 1. The number of rotatable bonds is 3. The molecule has 1 heterocycles. The van der Waals surface area contributed by atoms with Crippen LogP contribution in [0.2, 0.25) is 0 Å². The van der Waals surface area contributed by atoms with Crippen LogP contribution in [-0.4, -0.2) is 54.2 Å². The average Bonchev–Trinajstić information content (AvgIpc) is 2.46. The Bertz CT molecular complexity index is 535. The van der Waals surface area contributed by atoms with Gasteiger partial charge in [-0.05, 0) is 31.7 Å². The third-order valence-electron chi connectivity index (χ3n) is 3.94. The molecule has 4 heteroatoms. The molecule has 0 bridgehead atoms. The Labute approximate surface area is 126 Å². The molecule has 1 fully saturated rings. The number of piperazine rings is 1. The molecule has 1 saturated heterocycles. The van der Waals surface area contributed by atoms with Crippen LogP contribution in [0.1, 0.15) is 24.5 Å². The molecule has 0 aromatic heterocycles. The van der Waals surface area contributed by atoms with E-state index < -0.39 is 0 Å². The van der Waals surface area contributed by atoms with Crippen LogP contribution >= 0.6 is 0 Å². The van der Waals surface area contributed by atoms with Crippen molar-refractivity contribution in [3.8, 4) is 11.8 Å². The molecular weight excluding hydrogens is 267 g/mol. The van der Waals surface area contributed by atoms with Gasteiger partial charge >= 0.3 is 0 Å². The molecule has 1 aromatic carbocycles. The van der Waals surface area contributed by atoms with Crippen LogP contribution in [0, 0.1) is 17.7 Å². The van der Waals surface area contributed by atoms with Crippen molar-refractivity contribution in [1.82, 2.24) is 9.80 Å². The summed E-state index contributed by atoms with van der Waals surface area (Å²) in [4.78, 5) is 4.75. The van der Waals surface area contributed by atoms with E-state index in [2.05, 4.69) is 35.6 Å². The van der Waals surface area contributed by atoms with Crippen molar-refractivity contribution in [1.29, 1.82) is 0 Å². The van der Waals surface area contributed by atoms with E-state index >= 15 is 0 Å². The molecule has 3 nitrogen and oxygen atoms in total. The van der Waals surface area contributed by atoms with E-state index in [-0.39, 0.29) is 12.4 Å². The Kier molecular flexibility index (Phi) is 5.75. The van der Waals surface area contributed by atoms with E-state index in [9.17, 15) is 4.39 Å². The van der Waals surface area contributed by atoms with Crippen molar-refractivity contribution in [2.24, 2.45) is 0 Å². The molecular formula is C17H23FN2O. The highest BCUT2D eigenvalue weighted by Gasteiger charge is 2.20. The smallest absolute Gasteiger partial charge is 0.138 e. The zero-order chi connectivity index (χ0) is 15.2. The normalized spacial score (nSPS) is 20.1. The van der Waals surface area contributed by atoms with Crippen molar-refractivity contribution < 1.29 is 9.50 Å². The van der Waals surface area contributed by atoms with Gasteiger partial charge < -0.3 is 10.0 Å². The molecule has 0 radical (unpaired) electrons. The lowest BCUT2D eigenvalue weighted by molar-refractivity contribution is 0.1000. The number of hydrogen-bond acceptors (Lipinski definition) is 3. The summed E-state index contributed by atoms with van der Waals surface area (Å²) in [5.41, 5.74) is 1.50. The summed E-state index contributed by atoms with van der Waals surface area (Å²) in [6.45, 7) is 6.18. The topological polar surface area (TPSA) is 26.7 Å². The molecule has 0 amide bonds. The lowest BCUT2D eigenvalue weighted by Crippen LogP contribution is -2.49. The maximum atomic E-state index is 13.7. The highest BCUT2D eigenvalue weighted by molar-refractivity contribution is 5.38. The van der Waals surface area contributed by atoms with E-state index in [1.807, 2.05) is 12.1 Å². The number of aliphatic hydroxyl groups excluding tert-OH is 1. The molecule has 1 aromatic rings. The van der Waals surface area contributed by atoms with Gasteiger partial charge in [-0.15, -0.1) is 0 Å². The van der Waals surface area contributed by atoms with Gasteiger partial charge in [0, 0.05) is 38.6 Å². The first kappa shape index (κ1) is 16.0. The zero-order valence-electron chi connectivity index (χ0n) is 12.8. The van der Waals surface area contributed by atoms with E-state index in [0.29, 0.717) is 18.0 Å². The SMILES string of the molecule is CC1CN(Cc2ccc(F)c(C#CCCO)c2)CCN1C. The van der Waals surface area contributed by atoms with Gasteiger partial charge in [0.15, 0.2) is 0 Å². The van der Waals surface area contributed by atoms with Crippen LogP contribution in [-0.2, 0) is 6.54 Å². The summed E-state index contributed by atoms with van der Waals surface area (Å²) in [5.74, 6) is 5.28. The van der Waals surface area contributed by atoms with Gasteiger partial charge in [0.2, 0.25) is 0 Å². The molecule has 1 aliphatic heterocycles. The van der Waals surface area contributed by atoms with Crippen molar-refractivity contribution >= 4 is 0 Å². The number of likely N-dealkylation sites (N-methyl/N-ethyl adjacent to an activating group) is 1. The van der Waals surface area contributed by atoms with Crippen LogP contribution in [0.25, 0.3) is 0 Å². The van der Waals surface area contributed by atoms with Crippen molar-refractivity contribution in [3.63, 3.8) is 0 Å². The van der Waals surface area contributed by atoms with E-state index in [1.54, 1.807) is 0 Å². The minimum atomic E-state index is -0.295. The second kappa shape index (κ2) is 7.56. The van der Waals surface area contributed by atoms with Crippen LogP contribution < -0.4 is 0 Å². The molecule has 0 spiro atoms. The second-order valence-corrected chi connectivity index (χ2v) is 5.65. The molecule has 0 saturated carbocycles. The summed E-state index contributed by atoms with van der Waals surface area (Å²) in [6.07, 6.45) is 0.375. The lowest BCUT2D eigenvalue weighted by atomic mass is 10.1. The van der Waals surface area contributed by atoms with Gasteiger partial charge in [0.25, 0.3) is 0 Å². The highest BCUT2D eigenvalue weighted by Crippen LogP contribution is 2.14. The largest absolute Gasteiger partial charge is 0.395 e. The van der Waals surface area contributed by atoms with E-state index in [1.165, 1.54) is 6.07 Å². The third-order valence-corrected chi connectivity index (χ3v) is 3.94. The maximum Gasteiger partial charge on any atom is 0.138 e. The summed E-state index contributed by atoms with van der Waals surface area (Å²) >= 11 is 0. The fourth-order valence-electron chi connectivity index (χ4n) is 2.51. The van der Waals surface area contributed by atoms with Gasteiger partial charge in [-0.3, -0.25) is 4.90 Å². The molecule has 0 aliphatic carbocycles. The number of nitrogens with zero attached hydrogens (tertiary/aromatic N) is 2. The first-order valence-corrected chi connectivity index (χ1v) is 7.41. The minimum Gasteiger partial charge on any atom is -0.395 e. The number of halogens is 1. The van der Waals surface area contributed by atoms with Gasteiger partial charge in [-0.25, -0.2) is 4.39 Å². The molecule has 1 aliphatic rings. The first-order valence-electron chi connectivity index (χ1n) is 7.41. The van der Waals surface area contributed by atoms with Gasteiger partial charge in [-0.1, -0.05) is 17.9 Å². The average molecular weight is 290 g/mol. The van der Waals surface area contributed by atoms with E-state index in [0.717, 1.165) is 31.7 Å². The zero-order valence-corrected chi connectivity index (χ0v) is 12.8. The highest BCUT2D eigenvalue weighted by atomic mass is 19.1. The van der Waals surface area contributed by atoms with Crippen LogP contribution in [0.4, 0.5) is 4.39 Å². The van der Waals surface area contributed by atoms with Crippen molar-refractivity contribution in [2.45, 2.75) is 25.9 Å². The predicted molar refractivity (Wildman–Crippen MR) is 82.3 cm³/mol. The fraction of sp³-hybridized carbons (Fsp3) is 0.529. The second-order valence-electron chi connectivity index (χ2n) is 5.65. The molecule has 114 valence electrons. The van der Waals surface area contributed by atoms with Gasteiger partial charge in [0.1, 0.15) is 5.82 Å². The fourth-order valence-corrected chi connectivity index (χ4v) is 2.51. The monoisotopic (exact) mass is 290 g/mol. The standard InChI is InChI=1S/C17H23FN2O/c1-14-12-20(9-8-19(14)2)13-15-6-7-17(18)16(11-15)5-3-4-10-21/h6-7,11,14,21H,4,8-10,12-13H2,1-2H3. The number of benzene rings is 1. The van der Waals surface area contributed by atoms with Crippen molar-refractivity contribution in [2.75, 3.05) is 33.3 Å². The first-order chi connectivity index (χ1) is 10.1. The van der Waals surface area contributed by atoms with E-state index in [4.69, 9.17) is 5.11 Å². The van der Waals surface area contributed by atoms with Crippen molar-refractivity contribution in [3.05, 3.63) is 35.1 Å². The summed E-state index contributed by atoms with van der Waals surface area (Å²) in [5, 5.41) is 8.72. The van der Waals surface area contributed by atoms with Crippen LogP contribution in [0.15, 0.2) is 18.2 Å². The Morgan fingerprint density at radius 3 is 2.90 bits per heavy atom. The molecule has 1 N–H and O–H groups in total.